The molecule has 2 heterocycles. The molecule has 0 saturated carbocycles. The summed E-state index contributed by atoms with van der Waals surface area (Å²) in [6.45, 7) is 1.96. The van der Waals surface area contributed by atoms with Crippen molar-refractivity contribution in [2.24, 2.45) is 0 Å². The molecule has 0 bridgehead atoms. The summed E-state index contributed by atoms with van der Waals surface area (Å²) in [5.74, 6) is 0.715. The molecular formula is C8H8ClN3O. The first kappa shape index (κ1) is 8.31. The SMILES string of the molecule is CCc1nc(O)c2c(Cl)nccn12. The predicted octanol–water partition coefficient (Wildman–Crippen LogP) is 1.65. The van der Waals surface area contributed by atoms with Crippen LogP contribution in [-0.4, -0.2) is 19.5 Å². The molecule has 0 aromatic carbocycles. The Hall–Kier alpha value is -1.29. The van der Waals surface area contributed by atoms with Crippen molar-refractivity contribution in [2.45, 2.75) is 13.3 Å². The quantitative estimate of drug-likeness (QED) is 0.757. The fourth-order valence-corrected chi connectivity index (χ4v) is 1.53. The first-order valence-electron chi connectivity index (χ1n) is 3.94. The summed E-state index contributed by atoms with van der Waals surface area (Å²) < 4.78 is 1.74. The monoisotopic (exact) mass is 197 g/mol. The van der Waals surface area contributed by atoms with E-state index in [2.05, 4.69) is 9.97 Å². The summed E-state index contributed by atoms with van der Waals surface area (Å²) in [6, 6.07) is 0. The number of aromatic hydroxyl groups is 1. The molecule has 0 aliphatic heterocycles. The summed E-state index contributed by atoms with van der Waals surface area (Å²) in [4.78, 5) is 7.82. The lowest BCUT2D eigenvalue weighted by Gasteiger charge is -1.97. The van der Waals surface area contributed by atoms with Gasteiger partial charge in [0.15, 0.2) is 5.15 Å². The molecule has 2 aromatic rings. The number of fused-ring (bicyclic) bond motifs is 1. The number of aromatic nitrogens is 3. The van der Waals surface area contributed by atoms with Crippen LogP contribution in [0.5, 0.6) is 5.88 Å². The van der Waals surface area contributed by atoms with E-state index < -0.39 is 0 Å². The van der Waals surface area contributed by atoms with Crippen LogP contribution in [0, 0.1) is 0 Å². The van der Waals surface area contributed by atoms with E-state index in [1.807, 2.05) is 6.92 Å². The maximum Gasteiger partial charge on any atom is 0.240 e. The minimum Gasteiger partial charge on any atom is -0.492 e. The van der Waals surface area contributed by atoms with E-state index in [9.17, 15) is 5.11 Å². The number of imidazole rings is 1. The fourth-order valence-electron chi connectivity index (χ4n) is 1.29. The average molecular weight is 198 g/mol. The van der Waals surface area contributed by atoms with Gasteiger partial charge in [-0.15, -0.1) is 0 Å². The highest BCUT2D eigenvalue weighted by Crippen LogP contribution is 2.24. The van der Waals surface area contributed by atoms with Crippen molar-refractivity contribution in [2.75, 3.05) is 0 Å². The molecule has 4 nitrogen and oxygen atoms in total. The Kier molecular flexibility index (Phi) is 1.84. The van der Waals surface area contributed by atoms with Gasteiger partial charge in [-0.2, -0.15) is 4.98 Å². The van der Waals surface area contributed by atoms with Crippen LogP contribution in [0.4, 0.5) is 0 Å². The molecule has 0 fully saturated rings. The Morgan fingerprint density at radius 3 is 3.08 bits per heavy atom. The summed E-state index contributed by atoms with van der Waals surface area (Å²) in [7, 11) is 0. The molecule has 0 atom stereocenters. The number of aryl methyl sites for hydroxylation is 1. The number of hydrogen-bond acceptors (Lipinski definition) is 3. The summed E-state index contributed by atoms with van der Waals surface area (Å²) >= 11 is 5.80. The Balaban J connectivity index is 2.87. The average Bonchev–Trinajstić information content (AvgIpc) is 2.44. The summed E-state index contributed by atoms with van der Waals surface area (Å²) in [6.07, 6.45) is 4.05. The van der Waals surface area contributed by atoms with E-state index in [0.29, 0.717) is 5.52 Å². The molecule has 1 N–H and O–H groups in total. The predicted molar refractivity (Wildman–Crippen MR) is 49.0 cm³/mol. The highest BCUT2D eigenvalue weighted by Gasteiger charge is 2.11. The van der Waals surface area contributed by atoms with Gasteiger partial charge in [0, 0.05) is 18.8 Å². The lowest BCUT2D eigenvalue weighted by Crippen LogP contribution is -1.92. The Bertz CT molecular complexity index is 452. The topological polar surface area (TPSA) is 50.4 Å². The maximum atomic E-state index is 9.45. The zero-order valence-electron chi connectivity index (χ0n) is 7.03. The van der Waals surface area contributed by atoms with Crippen molar-refractivity contribution < 1.29 is 5.11 Å². The van der Waals surface area contributed by atoms with Crippen molar-refractivity contribution in [1.82, 2.24) is 14.4 Å². The van der Waals surface area contributed by atoms with Crippen LogP contribution in [0.3, 0.4) is 0 Å². The van der Waals surface area contributed by atoms with Crippen molar-refractivity contribution in [3.8, 4) is 5.88 Å². The molecule has 5 heteroatoms. The summed E-state index contributed by atoms with van der Waals surface area (Å²) in [5.41, 5.74) is 0.473. The number of hydrogen-bond donors (Lipinski definition) is 1. The molecule has 2 aromatic heterocycles. The number of rotatable bonds is 1. The van der Waals surface area contributed by atoms with Gasteiger partial charge in [-0.3, -0.25) is 4.40 Å². The minimum atomic E-state index is -0.0602. The smallest absolute Gasteiger partial charge is 0.240 e. The van der Waals surface area contributed by atoms with Crippen LogP contribution in [0.2, 0.25) is 5.15 Å². The molecular weight excluding hydrogens is 190 g/mol. The molecule has 0 aliphatic carbocycles. The minimum absolute atomic E-state index is 0.0602. The van der Waals surface area contributed by atoms with Gasteiger partial charge in [0.1, 0.15) is 11.3 Å². The fraction of sp³-hybridized carbons (Fsp3) is 0.250. The van der Waals surface area contributed by atoms with Gasteiger partial charge in [0.05, 0.1) is 0 Å². The van der Waals surface area contributed by atoms with E-state index in [0.717, 1.165) is 12.2 Å². The lowest BCUT2D eigenvalue weighted by atomic mass is 10.4. The second-order valence-corrected chi connectivity index (χ2v) is 3.00. The zero-order valence-corrected chi connectivity index (χ0v) is 7.78. The van der Waals surface area contributed by atoms with E-state index in [1.54, 1.807) is 16.8 Å². The van der Waals surface area contributed by atoms with Crippen molar-refractivity contribution in [3.05, 3.63) is 23.4 Å². The first-order chi connectivity index (χ1) is 6.24. The number of nitrogens with zero attached hydrogens (tertiary/aromatic N) is 3. The molecule has 0 radical (unpaired) electrons. The van der Waals surface area contributed by atoms with Gasteiger partial charge in [0.25, 0.3) is 0 Å². The Morgan fingerprint density at radius 1 is 1.62 bits per heavy atom. The van der Waals surface area contributed by atoms with Gasteiger partial charge in [-0.1, -0.05) is 18.5 Å². The number of halogens is 1. The van der Waals surface area contributed by atoms with Gasteiger partial charge in [0.2, 0.25) is 5.88 Å². The van der Waals surface area contributed by atoms with Crippen molar-refractivity contribution in [3.63, 3.8) is 0 Å². The third-order valence-electron chi connectivity index (χ3n) is 1.88. The molecule has 0 saturated heterocycles. The molecule has 2 rings (SSSR count). The summed E-state index contributed by atoms with van der Waals surface area (Å²) in [5, 5.41) is 9.72. The van der Waals surface area contributed by atoms with Crippen molar-refractivity contribution in [1.29, 1.82) is 0 Å². The third kappa shape index (κ3) is 1.14. The standard InChI is InChI=1S/C8H8ClN3O/c1-2-5-11-8(13)6-7(9)10-3-4-12(5)6/h3-4,13H,2H2,1H3. The maximum absolute atomic E-state index is 9.45. The molecule has 0 unspecified atom stereocenters. The van der Waals surface area contributed by atoms with Gasteiger partial charge < -0.3 is 5.11 Å². The van der Waals surface area contributed by atoms with E-state index in [1.165, 1.54) is 0 Å². The second kappa shape index (κ2) is 2.88. The Labute approximate surface area is 79.8 Å². The highest BCUT2D eigenvalue weighted by molar-refractivity contribution is 6.32. The van der Waals surface area contributed by atoms with Gasteiger partial charge in [-0.05, 0) is 0 Å². The van der Waals surface area contributed by atoms with Crippen LogP contribution < -0.4 is 0 Å². The molecule has 0 amide bonds. The Morgan fingerprint density at radius 2 is 2.38 bits per heavy atom. The van der Waals surface area contributed by atoms with Crippen LogP contribution in [0.25, 0.3) is 5.52 Å². The first-order valence-corrected chi connectivity index (χ1v) is 4.32. The van der Waals surface area contributed by atoms with Crippen LogP contribution in [0.1, 0.15) is 12.7 Å². The van der Waals surface area contributed by atoms with Crippen LogP contribution in [-0.2, 0) is 6.42 Å². The van der Waals surface area contributed by atoms with E-state index >= 15 is 0 Å². The van der Waals surface area contributed by atoms with Crippen molar-refractivity contribution >= 4 is 17.1 Å². The largest absolute Gasteiger partial charge is 0.492 e. The van der Waals surface area contributed by atoms with Gasteiger partial charge >= 0.3 is 0 Å². The lowest BCUT2D eigenvalue weighted by molar-refractivity contribution is 0.461. The third-order valence-corrected chi connectivity index (χ3v) is 2.16. The van der Waals surface area contributed by atoms with E-state index in [-0.39, 0.29) is 11.0 Å². The zero-order chi connectivity index (χ0) is 9.42. The molecule has 13 heavy (non-hydrogen) atoms. The second-order valence-electron chi connectivity index (χ2n) is 2.64. The molecule has 68 valence electrons. The van der Waals surface area contributed by atoms with E-state index in [4.69, 9.17) is 11.6 Å². The molecule has 0 spiro atoms. The van der Waals surface area contributed by atoms with Crippen LogP contribution in [0.15, 0.2) is 12.4 Å². The normalized spacial score (nSPS) is 10.9. The molecule has 0 aliphatic rings. The van der Waals surface area contributed by atoms with Gasteiger partial charge in [-0.25, -0.2) is 4.98 Å². The highest BCUT2D eigenvalue weighted by atomic mass is 35.5. The van der Waals surface area contributed by atoms with Crippen LogP contribution >= 0.6 is 11.6 Å².